The molecule has 6 nitrogen and oxygen atoms in total. The molecule has 1 saturated carbocycles. The third-order valence-corrected chi connectivity index (χ3v) is 4.99. The van der Waals surface area contributed by atoms with E-state index in [0.717, 1.165) is 12.8 Å². The Balaban J connectivity index is 2.49. The van der Waals surface area contributed by atoms with E-state index >= 15 is 0 Å². The third kappa shape index (κ3) is 3.68. The van der Waals surface area contributed by atoms with Gasteiger partial charge in [-0.2, -0.15) is 0 Å². The van der Waals surface area contributed by atoms with E-state index in [2.05, 4.69) is 0 Å². The predicted molar refractivity (Wildman–Crippen MR) is 90.3 cm³/mol. The number of nitro groups is 1. The lowest BCUT2D eigenvalue weighted by atomic mass is 9.66. The van der Waals surface area contributed by atoms with Crippen LogP contribution in [0.4, 0.5) is 0 Å². The highest BCUT2D eigenvalue weighted by Gasteiger charge is 2.43. The summed E-state index contributed by atoms with van der Waals surface area (Å²) in [6.07, 6.45) is 2.38. The second-order valence-electron chi connectivity index (χ2n) is 6.98. The van der Waals surface area contributed by atoms with E-state index in [1.165, 1.54) is 7.11 Å². The Hall–Kier alpha value is -2.11. The fourth-order valence-electron chi connectivity index (χ4n) is 3.64. The molecule has 2 rings (SSSR count). The Bertz CT molecular complexity index is 626. The van der Waals surface area contributed by atoms with Crippen molar-refractivity contribution in [2.24, 2.45) is 11.3 Å². The van der Waals surface area contributed by atoms with Crippen molar-refractivity contribution in [3.05, 3.63) is 33.9 Å². The van der Waals surface area contributed by atoms with Crippen molar-refractivity contribution in [3.8, 4) is 11.5 Å². The molecule has 1 aliphatic carbocycles. The molecule has 0 radical (unpaired) electrons. The summed E-state index contributed by atoms with van der Waals surface area (Å²) in [6, 6.07) is 5.24. The lowest BCUT2D eigenvalue weighted by Crippen LogP contribution is -2.40. The van der Waals surface area contributed by atoms with Gasteiger partial charge in [0.1, 0.15) is 17.3 Å². The number of hydrogen-bond donors (Lipinski definition) is 0. The molecule has 0 aromatic heterocycles. The van der Waals surface area contributed by atoms with E-state index in [-0.39, 0.29) is 23.2 Å². The first-order valence-electron chi connectivity index (χ1n) is 8.18. The predicted octanol–water partition coefficient (Wildman–Crippen LogP) is 3.46. The quantitative estimate of drug-likeness (QED) is 0.587. The zero-order chi connectivity index (χ0) is 17.9. The van der Waals surface area contributed by atoms with Crippen LogP contribution in [0.1, 0.15) is 44.6 Å². The molecule has 6 heteroatoms. The molecule has 1 aliphatic rings. The summed E-state index contributed by atoms with van der Waals surface area (Å²) in [5, 5.41) is 11.3. The number of methoxy groups -OCH3 is 2. The lowest BCUT2D eigenvalue weighted by Gasteiger charge is -2.36. The molecular formula is C18H25NO5. The van der Waals surface area contributed by atoms with Crippen molar-refractivity contribution < 1.29 is 19.2 Å². The van der Waals surface area contributed by atoms with Crippen LogP contribution in [0.15, 0.2) is 18.2 Å². The maximum atomic E-state index is 12.9. The van der Waals surface area contributed by atoms with E-state index < -0.39 is 11.3 Å². The summed E-state index contributed by atoms with van der Waals surface area (Å²) in [4.78, 5) is 23.8. The summed E-state index contributed by atoms with van der Waals surface area (Å²) in [5.41, 5.74) is 0.230. The Morgan fingerprint density at radius 2 is 2.04 bits per heavy atom. The van der Waals surface area contributed by atoms with Gasteiger partial charge in [-0.3, -0.25) is 14.9 Å². The number of rotatable bonds is 6. The zero-order valence-electron chi connectivity index (χ0n) is 14.7. The second-order valence-corrected chi connectivity index (χ2v) is 6.98. The van der Waals surface area contributed by atoms with Crippen LogP contribution < -0.4 is 9.47 Å². The van der Waals surface area contributed by atoms with Crippen molar-refractivity contribution in [3.63, 3.8) is 0 Å². The van der Waals surface area contributed by atoms with Gasteiger partial charge < -0.3 is 9.47 Å². The smallest absolute Gasteiger partial charge is 0.211 e. The van der Waals surface area contributed by atoms with Crippen LogP contribution in [-0.4, -0.2) is 31.5 Å². The van der Waals surface area contributed by atoms with Crippen molar-refractivity contribution in [1.29, 1.82) is 0 Å². The van der Waals surface area contributed by atoms with E-state index in [9.17, 15) is 14.9 Å². The number of benzene rings is 1. The third-order valence-electron chi connectivity index (χ3n) is 4.99. The van der Waals surface area contributed by atoms with E-state index in [4.69, 9.17) is 9.47 Å². The number of hydrogen-bond acceptors (Lipinski definition) is 5. The van der Waals surface area contributed by atoms with Gasteiger partial charge in [0.25, 0.3) is 0 Å². The SMILES string of the molecule is COc1ccc(OC)c([C@@H](C[N+](=O)[O-])[C@H]2CCCC(C)(C)C2=O)c1. The minimum absolute atomic E-state index is 0.102. The Morgan fingerprint density at radius 3 is 2.62 bits per heavy atom. The number of ketones is 1. The minimum atomic E-state index is -0.517. The molecule has 0 heterocycles. The average molecular weight is 335 g/mol. The van der Waals surface area contributed by atoms with Crippen molar-refractivity contribution in [1.82, 2.24) is 0 Å². The fourth-order valence-corrected chi connectivity index (χ4v) is 3.64. The molecule has 2 atom stereocenters. The van der Waals surface area contributed by atoms with E-state index in [0.29, 0.717) is 23.5 Å². The highest BCUT2D eigenvalue weighted by molar-refractivity contribution is 5.88. The first-order chi connectivity index (χ1) is 11.3. The van der Waals surface area contributed by atoms with Gasteiger partial charge in [0, 0.05) is 21.8 Å². The van der Waals surface area contributed by atoms with Gasteiger partial charge in [0.2, 0.25) is 6.54 Å². The molecule has 1 aromatic rings. The highest BCUT2D eigenvalue weighted by Crippen LogP contribution is 2.44. The lowest BCUT2D eigenvalue weighted by molar-refractivity contribution is -0.484. The van der Waals surface area contributed by atoms with Gasteiger partial charge in [0.05, 0.1) is 20.1 Å². The molecule has 132 valence electrons. The van der Waals surface area contributed by atoms with Crippen LogP contribution in [0.3, 0.4) is 0 Å². The molecule has 0 unspecified atom stereocenters. The first-order valence-corrected chi connectivity index (χ1v) is 8.18. The monoisotopic (exact) mass is 335 g/mol. The van der Waals surface area contributed by atoms with Gasteiger partial charge in [0.15, 0.2) is 0 Å². The van der Waals surface area contributed by atoms with Crippen LogP contribution >= 0.6 is 0 Å². The van der Waals surface area contributed by atoms with Crippen molar-refractivity contribution in [2.75, 3.05) is 20.8 Å². The second kappa shape index (κ2) is 7.20. The number of carbonyl (C=O) groups is 1. The summed E-state index contributed by atoms with van der Waals surface area (Å²) in [6.45, 7) is 3.55. The van der Waals surface area contributed by atoms with E-state index in [1.807, 2.05) is 13.8 Å². The summed E-state index contributed by atoms with van der Waals surface area (Å²) in [5.74, 6) is 0.364. The van der Waals surface area contributed by atoms with Crippen LogP contribution in [0, 0.1) is 21.4 Å². The maximum Gasteiger partial charge on any atom is 0.211 e. The van der Waals surface area contributed by atoms with Gasteiger partial charge in [-0.25, -0.2) is 0 Å². The van der Waals surface area contributed by atoms with Gasteiger partial charge in [-0.15, -0.1) is 0 Å². The Morgan fingerprint density at radius 1 is 1.33 bits per heavy atom. The number of ether oxygens (including phenoxy) is 2. The van der Waals surface area contributed by atoms with Gasteiger partial charge >= 0.3 is 0 Å². The fraction of sp³-hybridized carbons (Fsp3) is 0.611. The molecule has 0 N–H and O–H groups in total. The molecule has 1 aromatic carbocycles. The zero-order valence-corrected chi connectivity index (χ0v) is 14.7. The van der Waals surface area contributed by atoms with Gasteiger partial charge in [-0.05, 0) is 31.0 Å². The van der Waals surface area contributed by atoms with Crippen LogP contribution in [0.2, 0.25) is 0 Å². The minimum Gasteiger partial charge on any atom is -0.497 e. The molecule has 0 bridgehead atoms. The molecule has 1 fully saturated rings. The average Bonchev–Trinajstić information content (AvgIpc) is 2.54. The molecule has 0 spiro atoms. The maximum absolute atomic E-state index is 12.9. The largest absolute Gasteiger partial charge is 0.497 e. The van der Waals surface area contributed by atoms with Crippen molar-refractivity contribution >= 4 is 5.78 Å². The standard InChI is InChI=1S/C18H25NO5/c1-18(2)9-5-6-13(17(18)20)15(11-19(21)22)14-10-12(23-3)7-8-16(14)24-4/h7-8,10,13,15H,5-6,9,11H2,1-4H3/t13-,15+/m1/s1. The van der Waals surface area contributed by atoms with Crippen LogP contribution in [0.5, 0.6) is 11.5 Å². The topological polar surface area (TPSA) is 78.7 Å². The van der Waals surface area contributed by atoms with Gasteiger partial charge in [-0.1, -0.05) is 20.3 Å². The molecule has 0 amide bonds. The molecular weight excluding hydrogens is 310 g/mol. The summed E-state index contributed by atoms with van der Waals surface area (Å²) in [7, 11) is 3.07. The summed E-state index contributed by atoms with van der Waals surface area (Å²) < 4.78 is 10.7. The number of carbonyl (C=O) groups excluding carboxylic acids is 1. The molecule has 24 heavy (non-hydrogen) atoms. The number of nitrogens with zero attached hydrogens (tertiary/aromatic N) is 1. The van der Waals surface area contributed by atoms with Crippen LogP contribution in [-0.2, 0) is 4.79 Å². The summed E-state index contributed by atoms with van der Waals surface area (Å²) >= 11 is 0. The highest BCUT2D eigenvalue weighted by atomic mass is 16.6. The Kier molecular flexibility index (Phi) is 5.47. The van der Waals surface area contributed by atoms with Crippen molar-refractivity contribution in [2.45, 2.75) is 39.0 Å². The van der Waals surface area contributed by atoms with E-state index in [1.54, 1.807) is 25.3 Å². The number of Topliss-reactive ketones (excluding diaryl/α,β-unsaturated/α-hetero) is 1. The molecule has 0 saturated heterocycles. The molecule has 0 aliphatic heterocycles. The Labute approximate surface area is 142 Å². The first kappa shape index (κ1) is 18.2. The normalized spacial score (nSPS) is 21.2. The van der Waals surface area contributed by atoms with Crippen LogP contribution in [0.25, 0.3) is 0 Å².